The van der Waals surface area contributed by atoms with E-state index in [9.17, 15) is 0 Å². The Morgan fingerprint density at radius 1 is 1.44 bits per heavy atom. The summed E-state index contributed by atoms with van der Waals surface area (Å²) in [6.07, 6.45) is 0.763. The van der Waals surface area contributed by atoms with E-state index in [1.165, 1.54) is 0 Å². The average molecular weight is 208 g/mol. The fraction of sp³-hybridized carbons (Fsp3) is 1.00. The first-order valence-electron chi connectivity index (χ1n) is 2.61. The fourth-order valence-electron chi connectivity index (χ4n) is 0.532. The van der Waals surface area contributed by atoms with Gasteiger partial charge in [-0.05, 0) is 6.42 Å². The van der Waals surface area contributed by atoms with Crippen LogP contribution in [0.2, 0.25) is 0 Å². The van der Waals surface area contributed by atoms with E-state index < -0.39 is 6.00 Å². The Morgan fingerprint density at radius 3 is 1.89 bits per heavy atom. The molecule has 5 heteroatoms. The molecule has 1 nitrogen and oxygen atoms in total. The molecule has 0 bridgehead atoms. The maximum absolute atomic E-state index is 5.64. The molecular formula is C4H9Cl3OSi. The van der Waals surface area contributed by atoms with Gasteiger partial charge in [0.25, 0.3) is 0 Å². The first-order valence-corrected chi connectivity index (χ1v) is 7.73. The zero-order valence-electron chi connectivity index (χ0n) is 5.33. The lowest BCUT2D eigenvalue weighted by Gasteiger charge is -2.17. The molecule has 0 heterocycles. The second-order valence-electron chi connectivity index (χ2n) is 1.67. The molecule has 0 aromatic heterocycles. The number of methoxy groups -OCH3 is 1. The van der Waals surface area contributed by atoms with Crippen LogP contribution in [-0.4, -0.2) is 18.8 Å². The Bertz CT molecular complexity index is 78.4. The van der Waals surface area contributed by atoms with Gasteiger partial charge >= 0.3 is 6.00 Å². The van der Waals surface area contributed by atoms with Gasteiger partial charge in [0.05, 0.1) is 5.73 Å². The van der Waals surface area contributed by atoms with E-state index in [-0.39, 0.29) is 5.73 Å². The third kappa shape index (κ3) is 3.68. The highest BCUT2D eigenvalue weighted by Crippen LogP contribution is 2.27. The zero-order valence-corrected chi connectivity index (χ0v) is 8.59. The van der Waals surface area contributed by atoms with Gasteiger partial charge < -0.3 is 4.74 Å². The molecule has 9 heavy (non-hydrogen) atoms. The monoisotopic (exact) mass is 206 g/mol. The van der Waals surface area contributed by atoms with Gasteiger partial charge in [-0.2, -0.15) is 0 Å². The van der Waals surface area contributed by atoms with Crippen LogP contribution in [0.15, 0.2) is 0 Å². The second-order valence-corrected chi connectivity index (χ2v) is 10.5. The van der Waals surface area contributed by atoms with Crippen molar-refractivity contribution in [2.24, 2.45) is 0 Å². The average Bonchev–Trinajstić information content (AvgIpc) is 1.65. The molecule has 56 valence electrons. The molecule has 0 aliphatic heterocycles. The summed E-state index contributed by atoms with van der Waals surface area (Å²) in [6.45, 7) is 1.93. The van der Waals surface area contributed by atoms with Crippen LogP contribution < -0.4 is 0 Å². The third-order valence-corrected chi connectivity index (χ3v) is 4.59. The summed E-state index contributed by atoms with van der Waals surface area (Å²) in [6, 6.07) is -2.59. The van der Waals surface area contributed by atoms with Crippen LogP contribution in [-0.2, 0) is 4.74 Å². The molecule has 0 rings (SSSR count). The highest BCUT2D eigenvalue weighted by molar-refractivity contribution is 7.65. The molecule has 1 unspecified atom stereocenters. The highest BCUT2D eigenvalue weighted by Gasteiger charge is 2.35. The SMILES string of the molecule is CCC(OC)[Si](Cl)(Cl)Cl. The maximum atomic E-state index is 5.64. The van der Waals surface area contributed by atoms with E-state index in [1.807, 2.05) is 6.92 Å². The van der Waals surface area contributed by atoms with Crippen LogP contribution in [0.4, 0.5) is 0 Å². The molecular weight excluding hydrogens is 198 g/mol. The van der Waals surface area contributed by atoms with Gasteiger partial charge in [0.15, 0.2) is 0 Å². The van der Waals surface area contributed by atoms with Gasteiger partial charge in [-0.25, -0.2) is 0 Å². The van der Waals surface area contributed by atoms with Gasteiger partial charge in [0.1, 0.15) is 0 Å². The number of rotatable bonds is 3. The van der Waals surface area contributed by atoms with Crippen molar-refractivity contribution in [2.75, 3.05) is 7.11 Å². The molecule has 0 amide bonds. The highest BCUT2D eigenvalue weighted by atomic mass is 35.8. The molecule has 0 aromatic carbocycles. The summed E-state index contributed by atoms with van der Waals surface area (Å²) in [4.78, 5) is 0. The van der Waals surface area contributed by atoms with Crippen molar-refractivity contribution in [1.29, 1.82) is 0 Å². The van der Waals surface area contributed by atoms with Gasteiger partial charge in [-0.3, -0.25) is 0 Å². The predicted octanol–water partition coefficient (Wildman–Crippen LogP) is 2.61. The number of hydrogen-bond acceptors (Lipinski definition) is 1. The number of ether oxygens (including phenoxy) is 1. The summed E-state index contributed by atoms with van der Waals surface area (Å²) in [5.41, 5.74) is -0.164. The molecule has 0 radical (unpaired) electrons. The minimum absolute atomic E-state index is 0.164. The fourth-order valence-corrected chi connectivity index (χ4v) is 3.45. The van der Waals surface area contributed by atoms with Crippen molar-refractivity contribution in [3.8, 4) is 0 Å². The quantitative estimate of drug-likeness (QED) is 0.511. The van der Waals surface area contributed by atoms with Crippen molar-refractivity contribution in [2.45, 2.75) is 19.1 Å². The molecule has 0 N–H and O–H groups in total. The van der Waals surface area contributed by atoms with Crippen molar-refractivity contribution < 1.29 is 4.74 Å². The minimum Gasteiger partial charge on any atom is -0.381 e. The summed E-state index contributed by atoms with van der Waals surface area (Å²) < 4.78 is 4.93. The topological polar surface area (TPSA) is 9.23 Å². The predicted molar refractivity (Wildman–Crippen MR) is 44.4 cm³/mol. The zero-order chi connectivity index (χ0) is 7.49. The van der Waals surface area contributed by atoms with Crippen LogP contribution in [0, 0.1) is 0 Å². The van der Waals surface area contributed by atoms with E-state index in [4.69, 9.17) is 38.0 Å². The van der Waals surface area contributed by atoms with Gasteiger partial charge in [-0.1, -0.05) is 6.92 Å². The van der Waals surface area contributed by atoms with Crippen LogP contribution in [0.3, 0.4) is 0 Å². The first-order chi connectivity index (χ1) is 4.02. The van der Waals surface area contributed by atoms with E-state index >= 15 is 0 Å². The van der Waals surface area contributed by atoms with Crippen molar-refractivity contribution in [1.82, 2.24) is 0 Å². The molecule has 0 spiro atoms. The number of halogens is 3. The standard InChI is InChI=1S/C4H9Cl3OSi/c1-3-4(8-2)9(5,6)7/h4H,3H2,1-2H3. The van der Waals surface area contributed by atoms with Gasteiger partial charge in [0, 0.05) is 7.11 Å². The summed E-state index contributed by atoms with van der Waals surface area (Å²) in [5, 5.41) is 0. The summed E-state index contributed by atoms with van der Waals surface area (Å²) in [7, 11) is 1.56. The molecule has 0 aliphatic rings. The van der Waals surface area contributed by atoms with Crippen molar-refractivity contribution in [3.05, 3.63) is 0 Å². The Kier molecular flexibility index (Phi) is 4.51. The summed E-state index contributed by atoms with van der Waals surface area (Å²) in [5.74, 6) is 0. The Morgan fingerprint density at radius 2 is 1.89 bits per heavy atom. The molecule has 0 saturated carbocycles. The molecule has 1 atom stereocenters. The van der Waals surface area contributed by atoms with Crippen LogP contribution in [0.25, 0.3) is 0 Å². The van der Waals surface area contributed by atoms with E-state index in [1.54, 1.807) is 7.11 Å². The lowest BCUT2D eigenvalue weighted by molar-refractivity contribution is 0.160. The number of hydrogen-bond donors (Lipinski definition) is 0. The summed E-state index contributed by atoms with van der Waals surface area (Å²) >= 11 is 16.9. The van der Waals surface area contributed by atoms with Gasteiger partial charge in [0.2, 0.25) is 0 Å². The van der Waals surface area contributed by atoms with Gasteiger partial charge in [-0.15, -0.1) is 33.2 Å². The smallest absolute Gasteiger partial charge is 0.369 e. The molecule has 0 aromatic rings. The second kappa shape index (κ2) is 4.04. The Balaban J connectivity index is 3.79. The first kappa shape index (κ1) is 10.0. The Labute approximate surface area is 70.4 Å². The van der Waals surface area contributed by atoms with E-state index in [0.29, 0.717) is 0 Å². The Hall–Kier alpha value is 1.05. The van der Waals surface area contributed by atoms with Crippen LogP contribution >= 0.6 is 33.2 Å². The van der Waals surface area contributed by atoms with Crippen molar-refractivity contribution in [3.63, 3.8) is 0 Å². The molecule has 0 saturated heterocycles. The van der Waals surface area contributed by atoms with Crippen LogP contribution in [0.5, 0.6) is 0 Å². The largest absolute Gasteiger partial charge is 0.381 e. The molecule has 0 aliphatic carbocycles. The lowest BCUT2D eigenvalue weighted by atomic mass is 10.5. The minimum atomic E-state index is -2.59. The van der Waals surface area contributed by atoms with E-state index in [0.717, 1.165) is 6.42 Å². The third-order valence-electron chi connectivity index (χ3n) is 1.02. The molecule has 0 fully saturated rings. The lowest BCUT2D eigenvalue weighted by Crippen LogP contribution is -2.32. The van der Waals surface area contributed by atoms with E-state index in [2.05, 4.69) is 0 Å². The normalized spacial score (nSPS) is 15.7. The van der Waals surface area contributed by atoms with Crippen molar-refractivity contribution >= 4 is 39.2 Å². The maximum Gasteiger partial charge on any atom is 0.369 e. The van der Waals surface area contributed by atoms with Crippen LogP contribution in [0.1, 0.15) is 13.3 Å².